The topological polar surface area (TPSA) is 52.7 Å². The molecule has 5 nitrogen and oxygen atoms in total. The Morgan fingerprint density at radius 3 is 2.94 bits per heavy atom. The van der Waals surface area contributed by atoms with Crippen molar-refractivity contribution in [3.8, 4) is 0 Å². The third kappa shape index (κ3) is 1.78. The first-order chi connectivity index (χ1) is 8.46. The third-order valence-electron chi connectivity index (χ3n) is 2.59. The monoisotopic (exact) mass is 276 g/mol. The third-order valence-corrected chi connectivity index (χ3v) is 3.55. The van der Waals surface area contributed by atoms with Crippen LogP contribution < -0.4 is 5.56 Å². The fourth-order valence-electron chi connectivity index (χ4n) is 1.85. The summed E-state index contributed by atoms with van der Waals surface area (Å²) in [6, 6.07) is 0. The number of halogens is 3. The second-order valence-electron chi connectivity index (χ2n) is 3.85. The molecule has 2 aromatic heterocycles. The molecular formula is C9H7F3N4OS. The Hall–Kier alpha value is -1.51. The number of hydrogen-bond acceptors (Lipinski definition) is 4. The molecule has 0 radical (unpaired) electrons. The van der Waals surface area contributed by atoms with E-state index >= 15 is 0 Å². The highest BCUT2D eigenvalue weighted by atomic mass is 32.2. The summed E-state index contributed by atoms with van der Waals surface area (Å²) < 4.78 is 39.2. The lowest BCUT2D eigenvalue weighted by Gasteiger charge is -2.07. The first kappa shape index (κ1) is 11.6. The average Bonchev–Trinajstić information content (AvgIpc) is 2.85. The Labute approximate surface area is 103 Å². The standard InChI is InChI=1S/C9H7F3N4OS/c10-9(11,12)4-16-6-5(3-13-16)7(17)15-1-2-18-8(15)14-6/h3H,1-2,4H2. The highest BCUT2D eigenvalue weighted by Crippen LogP contribution is 2.24. The van der Waals surface area contributed by atoms with Crippen molar-refractivity contribution in [3.63, 3.8) is 0 Å². The molecule has 0 amide bonds. The van der Waals surface area contributed by atoms with Gasteiger partial charge in [-0.3, -0.25) is 9.36 Å². The minimum atomic E-state index is -4.39. The van der Waals surface area contributed by atoms with Crippen molar-refractivity contribution in [1.82, 2.24) is 19.3 Å². The zero-order valence-corrected chi connectivity index (χ0v) is 9.75. The Morgan fingerprint density at radius 2 is 2.22 bits per heavy atom. The van der Waals surface area contributed by atoms with Gasteiger partial charge in [-0.25, -0.2) is 9.67 Å². The molecule has 0 saturated carbocycles. The van der Waals surface area contributed by atoms with Gasteiger partial charge >= 0.3 is 6.18 Å². The minimum Gasteiger partial charge on any atom is -0.286 e. The molecule has 0 unspecified atom stereocenters. The Balaban J connectivity index is 2.20. The number of rotatable bonds is 1. The van der Waals surface area contributed by atoms with Gasteiger partial charge in [0.2, 0.25) is 0 Å². The van der Waals surface area contributed by atoms with Crippen molar-refractivity contribution in [2.45, 2.75) is 24.4 Å². The van der Waals surface area contributed by atoms with Crippen LogP contribution in [-0.2, 0) is 13.1 Å². The first-order valence-corrected chi connectivity index (χ1v) is 6.10. The van der Waals surface area contributed by atoms with E-state index in [1.165, 1.54) is 16.3 Å². The van der Waals surface area contributed by atoms with Crippen LogP contribution in [0.4, 0.5) is 13.2 Å². The van der Waals surface area contributed by atoms with Crippen molar-refractivity contribution in [2.24, 2.45) is 0 Å². The average molecular weight is 276 g/mol. The molecule has 0 aromatic carbocycles. The Bertz CT molecular complexity index is 675. The Kier molecular flexibility index (Phi) is 2.40. The number of nitrogens with zero attached hydrogens (tertiary/aromatic N) is 4. The van der Waals surface area contributed by atoms with Gasteiger partial charge in [-0.2, -0.15) is 18.3 Å². The van der Waals surface area contributed by atoms with E-state index in [-0.39, 0.29) is 16.6 Å². The number of thioether (sulfide) groups is 1. The fraction of sp³-hybridized carbons (Fsp3) is 0.444. The summed E-state index contributed by atoms with van der Waals surface area (Å²) >= 11 is 1.36. The molecule has 1 aliphatic heterocycles. The van der Waals surface area contributed by atoms with Crippen LogP contribution in [0.15, 0.2) is 16.1 Å². The van der Waals surface area contributed by atoms with Crippen molar-refractivity contribution in [1.29, 1.82) is 0 Å². The molecule has 0 spiro atoms. The second kappa shape index (κ2) is 3.74. The molecular weight excluding hydrogens is 269 g/mol. The summed E-state index contributed by atoms with van der Waals surface area (Å²) in [6.07, 6.45) is -3.24. The summed E-state index contributed by atoms with van der Waals surface area (Å²) in [6.45, 7) is -0.705. The highest BCUT2D eigenvalue weighted by molar-refractivity contribution is 7.99. The van der Waals surface area contributed by atoms with E-state index in [1.54, 1.807) is 0 Å². The molecule has 96 valence electrons. The zero-order chi connectivity index (χ0) is 12.9. The summed E-state index contributed by atoms with van der Waals surface area (Å²) in [4.78, 5) is 16.1. The molecule has 9 heteroatoms. The van der Waals surface area contributed by atoms with Gasteiger partial charge in [-0.15, -0.1) is 0 Å². The van der Waals surface area contributed by atoms with Crippen LogP contribution >= 0.6 is 11.8 Å². The van der Waals surface area contributed by atoms with Crippen LogP contribution in [0, 0.1) is 0 Å². The fourth-order valence-corrected chi connectivity index (χ4v) is 2.79. The van der Waals surface area contributed by atoms with E-state index in [9.17, 15) is 18.0 Å². The zero-order valence-electron chi connectivity index (χ0n) is 8.94. The van der Waals surface area contributed by atoms with Gasteiger partial charge in [0.15, 0.2) is 10.8 Å². The van der Waals surface area contributed by atoms with Gasteiger partial charge < -0.3 is 0 Å². The normalized spacial score (nSPS) is 15.3. The molecule has 0 fully saturated rings. The Morgan fingerprint density at radius 1 is 1.44 bits per heavy atom. The molecule has 18 heavy (non-hydrogen) atoms. The molecule has 0 bridgehead atoms. The first-order valence-electron chi connectivity index (χ1n) is 5.11. The number of hydrogen-bond donors (Lipinski definition) is 0. The maximum absolute atomic E-state index is 12.3. The van der Waals surface area contributed by atoms with E-state index in [0.29, 0.717) is 17.5 Å². The van der Waals surface area contributed by atoms with Crippen molar-refractivity contribution in [2.75, 3.05) is 5.75 Å². The molecule has 0 aliphatic carbocycles. The largest absolute Gasteiger partial charge is 0.408 e. The molecule has 3 rings (SSSR count). The lowest BCUT2D eigenvalue weighted by molar-refractivity contribution is -0.141. The molecule has 3 heterocycles. The van der Waals surface area contributed by atoms with E-state index in [0.717, 1.165) is 10.9 Å². The summed E-state index contributed by atoms with van der Waals surface area (Å²) in [5.74, 6) is 0.710. The lowest BCUT2D eigenvalue weighted by atomic mass is 10.4. The van der Waals surface area contributed by atoms with Crippen LogP contribution in [0.5, 0.6) is 0 Å². The van der Waals surface area contributed by atoms with Gasteiger partial charge in [-0.05, 0) is 0 Å². The summed E-state index contributed by atoms with van der Waals surface area (Å²) in [5, 5.41) is 4.18. The quantitative estimate of drug-likeness (QED) is 0.736. The van der Waals surface area contributed by atoms with Crippen LogP contribution in [0.2, 0.25) is 0 Å². The van der Waals surface area contributed by atoms with Crippen molar-refractivity contribution in [3.05, 3.63) is 16.6 Å². The predicted octanol–water partition coefficient (Wildman–Crippen LogP) is 1.26. The smallest absolute Gasteiger partial charge is 0.286 e. The van der Waals surface area contributed by atoms with Gasteiger partial charge in [0.05, 0.1) is 6.20 Å². The maximum Gasteiger partial charge on any atom is 0.408 e. The van der Waals surface area contributed by atoms with Crippen LogP contribution in [0.25, 0.3) is 11.0 Å². The van der Waals surface area contributed by atoms with Crippen molar-refractivity contribution >= 4 is 22.8 Å². The minimum absolute atomic E-state index is 0.00188. The van der Waals surface area contributed by atoms with E-state index < -0.39 is 12.7 Å². The summed E-state index contributed by atoms with van der Waals surface area (Å²) in [5.41, 5.74) is -0.327. The molecule has 0 N–H and O–H groups in total. The van der Waals surface area contributed by atoms with Crippen LogP contribution in [0.1, 0.15) is 0 Å². The second-order valence-corrected chi connectivity index (χ2v) is 4.92. The van der Waals surface area contributed by atoms with Gasteiger partial charge in [0.25, 0.3) is 5.56 Å². The highest BCUT2D eigenvalue weighted by Gasteiger charge is 2.30. The van der Waals surface area contributed by atoms with E-state index in [2.05, 4.69) is 10.1 Å². The maximum atomic E-state index is 12.3. The van der Waals surface area contributed by atoms with Crippen LogP contribution in [0.3, 0.4) is 0 Å². The van der Waals surface area contributed by atoms with Gasteiger partial charge in [-0.1, -0.05) is 11.8 Å². The lowest BCUT2D eigenvalue weighted by Crippen LogP contribution is -2.22. The van der Waals surface area contributed by atoms with Gasteiger partial charge in [0.1, 0.15) is 11.9 Å². The molecule has 0 saturated heterocycles. The van der Waals surface area contributed by atoms with E-state index in [1.807, 2.05) is 0 Å². The van der Waals surface area contributed by atoms with E-state index in [4.69, 9.17) is 0 Å². The SMILES string of the molecule is O=c1c2cnn(CC(F)(F)F)c2nc2n1CCS2. The molecule has 0 atom stereocenters. The number of fused-ring (bicyclic) bond motifs is 2. The van der Waals surface area contributed by atoms with Crippen molar-refractivity contribution < 1.29 is 13.2 Å². The molecule has 1 aliphatic rings. The summed E-state index contributed by atoms with van der Waals surface area (Å²) in [7, 11) is 0. The number of aromatic nitrogens is 4. The van der Waals surface area contributed by atoms with Crippen LogP contribution in [-0.4, -0.2) is 31.3 Å². The number of alkyl halides is 3. The molecule has 2 aromatic rings. The predicted molar refractivity (Wildman–Crippen MR) is 58.6 cm³/mol. The van der Waals surface area contributed by atoms with Gasteiger partial charge in [0, 0.05) is 12.3 Å².